The number of carboxylic acids is 1. The minimum atomic E-state index is -0.901. The topological polar surface area (TPSA) is 70.5 Å². The minimum Gasteiger partial charge on any atom is -0.480 e. The fourth-order valence-electron chi connectivity index (χ4n) is 4.41. The molecule has 26 heavy (non-hydrogen) atoms. The molecule has 1 saturated heterocycles. The second-order valence-electron chi connectivity index (χ2n) is 7.27. The van der Waals surface area contributed by atoms with Crippen LogP contribution in [0.15, 0.2) is 29.6 Å². The molecule has 1 saturated carbocycles. The molecule has 3 atom stereocenters. The summed E-state index contributed by atoms with van der Waals surface area (Å²) in [6.45, 7) is 2.02. The van der Waals surface area contributed by atoms with Crippen molar-refractivity contribution in [1.82, 2.24) is 9.88 Å². The molecule has 3 unspecified atom stereocenters. The number of nitrogens with zero attached hydrogens (tertiary/aromatic N) is 2. The van der Waals surface area contributed by atoms with Crippen LogP contribution < -0.4 is 0 Å². The Balaban J connectivity index is 1.64. The molecule has 2 fully saturated rings. The minimum absolute atomic E-state index is 0.0426. The maximum atomic E-state index is 13.2. The van der Waals surface area contributed by atoms with E-state index in [0.29, 0.717) is 18.0 Å². The van der Waals surface area contributed by atoms with Crippen molar-refractivity contribution in [2.75, 3.05) is 0 Å². The zero-order valence-corrected chi connectivity index (χ0v) is 15.5. The van der Waals surface area contributed by atoms with Crippen LogP contribution in [0.25, 0.3) is 10.6 Å². The normalized spacial score (nSPS) is 25.1. The average molecular weight is 370 g/mol. The van der Waals surface area contributed by atoms with Gasteiger partial charge in [-0.15, -0.1) is 11.3 Å². The predicted molar refractivity (Wildman–Crippen MR) is 100 cm³/mol. The summed E-state index contributed by atoms with van der Waals surface area (Å²) in [4.78, 5) is 31.1. The highest BCUT2D eigenvalue weighted by molar-refractivity contribution is 7.13. The monoisotopic (exact) mass is 370 g/mol. The van der Waals surface area contributed by atoms with Crippen LogP contribution in [-0.2, 0) is 4.79 Å². The molecule has 136 valence electrons. The van der Waals surface area contributed by atoms with E-state index < -0.39 is 12.0 Å². The van der Waals surface area contributed by atoms with Gasteiger partial charge in [0.2, 0.25) is 0 Å². The molecule has 0 bridgehead atoms. The van der Waals surface area contributed by atoms with Gasteiger partial charge in [0.15, 0.2) is 0 Å². The molecule has 4 rings (SSSR count). The van der Waals surface area contributed by atoms with Gasteiger partial charge in [-0.25, -0.2) is 9.78 Å². The maximum Gasteiger partial charge on any atom is 0.326 e. The molecule has 0 spiro atoms. The van der Waals surface area contributed by atoms with E-state index in [-0.39, 0.29) is 11.9 Å². The number of aliphatic carboxylic acids is 1. The number of fused-ring (bicyclic) bond motifs is 1. The summed E-state index contributed by atoms with van der Waals surface area (Å²) >= 11 is 1.44. The first-order valence-corrected chi connectivity index (χ1v) is 10.0. The van der Waals surface area contributed by atoms with Gasteiger partial charge >= 0.3 is 5.97 Å². The van der Waals surface area contributed by atoms with Gasteiger partial charge in [0.25, 0.3) is 5.91 Å². The third kappa shape index (κ3) is 2.92. The number of carbonyl (C=O) groups is 2. The third-order valence-electron chi connectivity index (χ3n) is 5.71. The van der Waals surface area contributed by atoms with Gasteiger partial charge in [-0.3, -0.25) is 4.79 Å². The van der Waals surface area contributed by atoms with E-state index in [2.05, 4.69) is 4.98 Å². The van der Waals surface area contributed by atoms with Crippen molar-refractivity contribution in [2.45, 2.75) is 51.1 Å². The average Bonchev–Trinajstić information content (AvgIpc) is 3.26. The highest BCUT2D eigenvalue weighted by Gasteiger charge is 2.48. The van der Waals surface area contributed by atoms with Crippen LogP contribution in [0.4, 0.5) is 0 Å². The van der Waals surface area contributed by atoms with Crippen LogP contribution in [-0.4, -0.2) is 39.0 Å². The lowest BCUT2D eigenvalue weighted by Gasteiger charge is -2.32. The Morgan fingerprint density at radius 2 is 2.00 bits per heavy atom. The summed E-state index contributed by atoms with van der Waals surface area (Å²) in [5, 5.41) is 12.2. The summed E-state index contributed by atoms with van der Waals surface area (Å²) in [6.07, 6.45) is 4.67. The van der Waals surface area contributed by atoms with Crippen LogP contribution in [0, 0.1) is 12.8 Å². The Morgan fingerprint density at radius 3 is 2.77 bits per heavy atom. The van der Waals surface area contributed by atoms with Gasteiger partial charge in [0.05, 0.1) is 0 Å². The molecule has 1 aliphatic heterocycles. The second kappa shape index (κ2) is 6.83. The summed E-state index contributed by atoms with van der Waals surface area (Å²) in [7, 11) is 0. The quantitative estimate of drug-likeness (QED) is 0.887. The lowest BCUT2D eigenvalue weighted by Crippen LogP contribution is -2.46. The molecular formula is C20H22N2O3S. The molecule has 2 heterocycles. The van der Waals surface area contributed by atoms with Gasteiger partial charge in [-0.1, -0.05) is 37.1 Å². The smallest absolute Gasteiger partial charge is 0.326 e. The van der Waals surface area contributed by atoms with E-state index in [1.54, 1.807) is 10.3 Å². The highest BCUT2D eigenvalue weighted by Crippen LogP contribution is 2.40. The summed E-state index contributed by atoms with van der Waals surface area (Å²) < 4.78 is 0. The molecule has 1 aromatic heterocycles. The van der Waals surface area contributed by atoms with Crippen molar-refractivity contribution in [2.24, 2.45) is 5.92 Å². The van der Waals surface area contributed by atoms with Crippen molar-refractivity contribution < 1.29 is 14.7 Å². The van der Waals surface area contributed by atoms with Crippen LogP contribution in [0.3, 0.4) is 0 Å². The Labute approximate surface area is 156 Å². The van der Waals surface area contributed by atoms with E-state index in [4.69, 9.17) is 0 Å². The Kier molecular flexibility index (Phi) is 4.53. The number of hydrogen-bond acceptors (Lipinski definition) is 4. The number of rotatable bonds is 3. The SMILES string of the molecule is Cc1ccccc1-c1nc(C(=O)N2C(C(=O)O)CC3CCCCC32)cs1. The van der Waals surface area contributed by atoms with Gasteiger partial charge < -0.3 is 10.0 Å². The number of aromatic nitrogens is 1. The molecule has 1 aromatic carbocycles. The summed E-state index contributed by atoms with van der Waals surface area (Å²) in [6, 6.07) is 7.27. The molecule has 2 aliphatic rings. The number of hydrogen-bond donors (Lipinski definition) is 1. The molecule has 1 aliphatic carbocycles. The predicted octanol–water partition coefficient (Wildman–Crippen LogP) is 3.98. The molecule has 1 N–H and O–H groups in total. The van der Waals surface area contributed by atoms with Crippen LogP contribution in [0.5, 0.6) is 0 Å². The molecule has 5 nitrogen and oxygen atoms in total. The van der Waals surface area contributed by atoms with Gasteiger partial charge in [0, 0.05) is 17.0 Å². The molecular weight excluding hydrogens is 348 g/mol. The highest BCUT2D eigenvalue weighted by atomic mass is 32.1. The molecule has 0 radical (unpaired) electrons. The van der Waals surface area contributed by atoms with Crippen LogP contribution in [0.1, 0.15) is 48.2 Å². The Morgan fingerprint density at radius 1 is 1.23 bits per heavy atom. The van der Waals surface area contributed by atoms with Crippen LogP contribution in [0.2, 0.25) is 0 Å². The maximum absolute atomic E-state index is 13.2. The molecule has 2 aromatic rings. The fourth-order valence-corrected chi connectivity index (χ4v) is 5.30. The standard InChI is InChI=1S/C20H22N2O3S/c1-12-6-2-4-8-14(12)18-21-15(11-26-18)19(23)22-16-9-5-3-7-13(16)10-17(22)20(24)25/h2,4,6,8,11,13,16-17H,3,5,7,9-10H2,1H3,(H,24,25). The van der Waals surface area contributed by atoms with Gasteiger partial charge in [-0.05, 0) is 37.7 Å². The van der Waals surface area contributed by atoms with Crippen LogP contribution >= 0.6 is 11.3 Å². The van der Waals surface area contributed by atoms with Crippen molar-refractivity contribution in [3.05, 3.63) is 40.9 Å². The summed E-state index contributed by atoms with van der Waals surface area (Å²) in [5.41, 5.74) is 2.49. The van der Waals surface area contributed by atoms with Gasteiger partial charge in [0.1, 0.15) is 16.7 Å². The first-order valence-electron chi connectivity index (χ1n) is 9.13. The van der Waals surface area contributed by atoms with E-state index in [1.807, 2.05) is 31.2 Å². The number of benzene rings is 1. The Bertz CT molecular complexity index is 847. The van der Waals surface area contributed by atoms with E-state index in [9.17, 15) is 14.7 Å². The molecule has 1 amide bonds. The number of carboxylic acid groups (broad SMARTS) is 1. The number of likely N-dealkylation sites (tertiary alicyclic amines) is 1. The van der Waals surface area contributed by atoms with Gasteiger partial charge in [-0.2, -0.15) is 0 Å². The van der Waals surface area contributed by atoms with Crippen molar-refractivity contribution in [1.29, 1.82) is 0 Å². The van der Waals surface area contributed by atoms with Crippen molar-refractivity contribution in [3.63, 3.8) is 0 Å². The van der Waals surface area contributed by atoms with Crippen molar-refractivity contribution in [3.8, 4) is 10.6 Å². The Hall–Kier alpha value is -2.21. The lowest BCUT2D eigenvalue weighted by atomic mass is 9.84. The first-order chi connectivity index (χ1) is 12.6. The first kappa shape index (κ1) is 17.2. The second-order valence-corrected chi connectivity index (χ2v) is 8.12. The van der Waals surface area contributed by atoms with E-state index >= 15 is 0 Å². The van der Waals surface area contributed by atoms with E-state index in [1.165, 1.54) is 11.3 Å². The number of aryl methyl sites for hydroxylation is 1. The third-order valence-corrected chi connectivity index (χ3v) is 6.58. The zero-order chi connectivity index (χ0) is 18.3. The lowest BCUT2D eigenvalue weighted by molar-refractivity contribution is -0.141. The fraction of sp³-hybridized carbons (Fsp3) is 0.450. The number of carbonyl (C=O) groups excluding carboxylic acids is 1. The summed E-state index contributed by atoms with van der Waals surface area (Å²) in [5.74, 6) is -0.826. The number of thiazole rings is 1. The zero-order valence-electron chi connectivity index (χ0n) is 14.7. The largest absolute Gasteiger partial charge is 0.480 e. The number of amides is 1. The van der Waals surface area contributed by atoms with E-state index in [0.717, 1.165) is 41.8 Å². The molecule has 6 heteroatoms. The van der Waals surface area contributed by atoms with Crippen molar-refractivity contribution >= 4 is 23.2 Å².